The number of aromatic nitrogens is 3. The van der Waals surface area contributed by atoms with Gasteiger partial charge in [0.15, 0.2) is 0 Å². The maximum Gasteiger partial charge on any atom is 0.266 e. The summed E-state index contributed by atoms with van der Waals surface area (Å²) in [5, 5.41) is 15.0. The maximum atomic E-state index is 12.7. The molecule has 0 atom stereocenters. The molecule has 0 aliphatic carbocycles. The molecular formula is C20H20N4O2. The molecule has 132 valence electrons. The van der Waals surface area contributed by atoms with E-state index in [1.165, 1.54) is 0 Å². The summed E-state index contributed by atoms with van der Waals surface area (Å²) in [5.74, 6) is 0. The Bertz CT molecular complexity index is 1150. The van der Waals surface area contributed by atoms with Gasteiger partial charge in [0.2, 0.25) is 0 Å². The molecule has 4 rings (SSSR count). The highest BCUT2D eigenvalue weighted by molar-refractivity contribution is 5.98. The van der Waals surface area contributed by atoms with Crippen LogP contribution in [0.5, 0.6) is 0 Å². The van der Waals surface area contributed by atoms with Gasteiger partial charge in [-0.15, -0.1) is 0 Å². The van der Waals surface area contributed by atoms with Crippen LogP contribution in [0.1, 0.15) is 36.2 Å². The molecule has 1 aliphatic heterocycles. The van der Waals surface area contributed by atoms with Gasteiger partial charge >= 0.3 is 0 Å². The predicted molar refractivity (Wildman–Crippen MR) is 98.8 cm³/mol. The van der Waals surface area contributed by atoms with Gasteiger partial charge in [-0.3, -0.25) is 9.48 Å². The number of pyridine rings is 1. The average molecular weight is 348 g/mol. The average Bonchev–Trinajstić information content (AvgIpc) is 2.94. The van der Waals surface area contributed by atoms with E-state index >= 15 is 0 Å². The van der Waals surface area contributed by atoms with E-state index in [1.54, 1.807) is 10.9 Å². The number of nitrogens with zero attached hydrogens (tertiary/aromatic N) is 3. The third-order valence-electron chi connectivity index (χ3n) is 5.09. The van der Waals surface area contributed by atoms with Crippen LogP contribution in [0, 0.1) is 18.3 Å². The van der Waals surface area contributed by atoms with Crippen LogP contribution in [-0.4, -0.2) is 20.4 Å². The van der Waals surface area contributed by atoms with Crippen molar-refractivity contribution >= 4 is 10.9 Å². The number of fused-ring (bicyclic) bond motifs is 2. The number of aromatic amines is 1. The number of nitrogens with one attached hydrogen (secondary N) is 1. The van der Waals surface area contributed by atoms with E-state index in [2.05, 4.69) is 16.2 Å². The second-order valence-corrected chi connectivity index (χ2v) is 7.46. The van der Waals surface area contributed by atoms with Crippen LogP contribution in [0.25, 0.3) is 22.0 Å². The van der Waals surface area contributed by atoms with E-state index in [0.29, 0.717) is 18.6 Å². The van der Waals surface area contributed by atoms with Crippen LogP contribution < -0.4 is 5.56 Å². The van der Waals surface area contributed by atoms with Gasteiger partial charge in [-0.2, -0.15) is 10.4 Å². The van der Waals surface area contributed by atoms with Crippen LogP contribution in [0.15, 0.2) is 23.1 Å². The number of rotatable bonds is 1. The summed E-state index contributed by atoms with van der Waals surface area (Å²) < 4.78 is 7.79. The summed E-state index contributed by atoms with van der Waals surface area (Å²) in [7, 11) is 1.87. The normalized spacial score (nSPS) is 15.7. The quantitative estimate of drug-likeness (QED) is 0.733. The zero-order valence-electron chi connectivity index (χ0n) is 15.3. The molecule has 6 nitrogen and oxygen atoms in total. The molecule has 2 aromatic heterocycles. The SMILES string of the molecule is Cc1ccc2cnn(C)c2c1-c1c2c([nH]c(=O)c1C#N)CC(C)(C)OC2. The van der Waals surface area contributed by atoms with Crippen molar-refractivity contribution in [2.75, 3.05) is 0 Å². The van der Waals surface area contributed by atoms with Gasteiger partial charge < -0.3 is 9.72 Å². The summed E-state index contributed by atoms with van der Waals surface area (Å²) in [6, 6.07) is 6.12. The number of hydrogen-bond acceptors (Lipinski definition) is 4. The highest BCUT2D eigenvalue weighted by atomic mass is 16.5. The van der Waals surface area contributed by atoms with Crippen LogP contribution in [-0.2, 0) is 24.8 Å². The summed E-state index contributed by atoms with van der Waals surface area (Å²) >= 11 is 0. The molecule has 0 saturated heterocycles. The Morgan fingerprint density at radius 3 is 2.85 bits per heavy atom. The number of hydrogen-bond donors (Lipinski definition) is 1. The lowest BCUT2D eigenvalue weighted by atomic mass is 9.86. The molecule has 1 aromatic carbocycles. The Balaban J connectivity index is 2.16. The minimum Gasteiger partial charge on any atom is -0.370 e. The Kier molecular flexibility index (Phi) is 3.53. The first-order valence-corrected chi connectivity index (χ1v) is 8.56. The predicted octanol–water partition coefficient (Wildman–Crippen LogP) is 2.96. The number of benzene rings is 1. The highest BCUT2D eigenvalue weighted by Crippen LogP contribution is 2.39. The Morgan fingerprint density at radius 2 is 2.12 bits per heavy atom. The lowest BCUT2D eigenvalue weighted by Gasteiger charge is -2.33. The van der Waals surface area contributed by atoms with Crippen molar-refractivity contribution < 1.29 is 4.74 Å². The van der Waals surface area contributed by atoms with Gasteiger partial charge in [-0.1, -0.05) is 12.1 Å². The van der Waals surface area contributed by atoms with Crippen LogP contribution >= 0.6 is 0 Å². The van der Waals surface area contributed by atoms with Crippen molar-refractivity contribution in [2.45, 2.75) is 39.4 Å². The Hall–Kier alpha value is -2.91. The topological polar surface area (TPSA) is 83.7 Å². The summed E-state index contributed by atoms with van der Waals surface area (Å²) in [4.78, 5) is 15.6. The molecular weight excluding hydrogens is 328 g/mol. The first kappa shape index (κ1) is 16.6. The van der Waals surface area contributed by atoms with Gasteiger partial charge in [-0.25, -0.2) is 0 Å². The van der Waals surface area contributed by atoms with Crippen molar-refractivity contribution in [2.24, 2.45) is 7.05 Å². The molecule has 0 radical (unpaired) electrons. The number of nitriles is 1. The fourth-order valence-corrected chi connectivity index (χ4v) is 3.81. The number of H-pyrrole nitrogens is 1. The van der Waals surface area contributed by atoms with Crippen LogP contribution in [0.2, 0.25) is 0 Å². The second-order valence-electron chi connectivity index (χ2n) is 7.46. The Morgan fingerprint density at radius 1 is 1.35 bits per heavy atom. The van der Waals surface area contributed by atoms with E-state index in [4.69, 9.17) is 4.74 Å². The molecule has 3 heterocycles. The molecule has 0 saturated carbocycles. The van der Waals surface area contributed by atoms with E-state index < -0.39 is 0 Å². The molecule has 0 unspecified atom stereocenters. The van der Waals surface area contributed by atoms with Crippen LogP contribution in [0.3, 0.4) is 0 Å². The van der Waals surface area contributed by atoms with Gasteiger partial charge in [0.1, 0.15) is 11.6 Å². The van der Waals surface area contributed by atoms with Crippen molar-refractivity contribution in [3.63, 3.8) is 0 Å². The minimum absolute atomic E-state index is 0.129. The second kappa shape index (κ2) is 5.55. The van der Waals surface area contributed by atoms with E-state index in [1.807, 2.05) is 40.0 Å². The molecule has 1 aliphatic rings. The molecule has 26 heavy (non-hydrogen) atoms. The number of ether oxygens (including phenoxy) is 1. The molecule has 0 spiro atoms. The standard InChI is InChI=1S/C20H20N4O2/c1-11-5-6-12-9-22-24(4)18(12)16(11)17-13(8-21)19(25)23-15-7-20(2,3)26-10-14(15)17/h5-6,9H,7,10H2,1-4H3,(H,23,25). The lowest BCUT2D eigenvalue weighted by molar-refractivity contribution is -0.0411. The number of aryl methyl sites for hydroxylation is 2. The third kappa shape index (κ3) is 2.36. The van der Waals surface area contributed by atoms with E-state index in [0.717, 1.165) is 33.3 Å². The first-order valence-electron chi connectivity index (χ1n) is 8.56. The van der Waals surface area contributed by atoms with Crippen LogP contribution in [0.4, 0.5) is 0 Å². The fourth-order valence-electron chi connectivity index (χ4n) is 3.81. The van der Waals surface area contributed by atoms with Gasteiger partial charge in [-0.05, 0) is 26.3 Å². The van der Waals surface area contributed by atoms with E-state index in [9.17, 15) is 10.1 Å². The Labute approximate surface area is 151 Å². The van der Waals surface area contributed by atoms with Crippen molar-refractivity contribution in [3.8, 4) is 17.2 Å². The minimum atomic E-state index is -0.352. The third-order valence-corrected chi connectivity index (χ3v) is 5.09. The zero-order chi connectivity index (χ0) is 18.6. The van der Waals surface area contributed by atoms with Gasteiger partial charge in [0.25, 0.3) is 5.56 Å². The van der Waals surface area contributed by atoms with Gasteiger partial charge in [0, 0.05) is 41.2 Å². The largest absolute Gasteiger partial charge is 0.370 e. The molecule has 0 fully saturated rings. The highest BCUT2D eigenvalue weighted by Gasteiger charge is 2.31. The summed E-state index contributed by atoms with van der Waals surface area (Å²) in [6.45, 7) is 6.35. The fraction of sp³-hybridized carbons (Fsp3) is 0.350. The van der Waals surface area contributed by atoms with E-state index in [-0.39, 0.29) is 16.7 Å². The van der Waals surface area contributed by atoms with Crippen molar-refractivity contribution in [3.05, 3.63) is 51.1 Å². The van der Waals surface area contributed by atoms with Crippen molar-refractivity contribution in [1.29, 1.82) is 5.26 Å². The van der Waals surface area contributed by atoms with Crippen molar-refractivity contribution in [1.82, 2.24) is 14.8 Å². The molecule has 6 heteroatoms. The van der Waals surface area contributed by atoms with Gasteiger partial charge in [0.05, 0.1) is 23.9 Å². The molecule has 1 N–H and O–H groups in total. The molecule has 0 amide bonds. The smallest absolute Gasteiger partial charge is 0.266 e. The lowest BCUT2D eigenvalue weighted by Crippen LogP contribution is -2.35. The zero-order valence-corrected chi connectivity index (χ0v) is 15.3. The molecule has 0 bridgehead atoms. The molecule has 3 aromatic rings. The monoisotopic (exact) mass is 348 g/mol. The summed E-state index contributed by atoms with van der Waals surface area (Å²) in [6.07, 6.45) is 2.39. The maximum absolute atomic E-state index is 12.7. The summed E-state index contributed by atoms with van der Waals surface area (Å²) in [5.41, 5.74) is 4.62. The first-order chi connectivity index (χ1) is 12.3.